The van der Waals surface area contributed by atoms with Crippen LogP contribution in [0, 0.1) is 0 Å². The number of nitrogens with one attached hydrogen (secondary N) is 1. The number of nitrogens with zero attached hydrogens (tertiary/aromatic N) is 1. The topological polar surface area (TPSA) is 67.6 Å². The van der Waals surface area contributed by atoms with E-state index in [0.717, 1.165) is 24.3 Å². The normalized spacial score (nSPS) is 18.6. The molecule has 0 bridgehead atoms. The second-order valence-electron chi connectivity index (χ2n) is 4.47. The van der Waals surface area contributed by atoms with Crippen molar-refractivity contribution in [2.45, 2.75) is 12.5 Å². The largest absolute Gasteiger partial charge is 0.489 e. The molecule has 1 aliphatic rings. The number of rotatable bonds is 4. The lowest BCUT2D eigenvalue weighted by Gasteiger charge is -2.18. The van der Waals surface area contributed by atoms with E-state index in [-0.39, 0.29) is 12.5 Å². The SMILES string of the molecule is CN1C(=O)[C@@H](N)COc2ccc(NCCCCl)cc21. The van der Waals surface area contributed by atoms with Gasteiger partial charge in [0.2, 0.25) is 5.91 Å². The van der Waals surface area contributed by atoms with Crippen LogP contribution in [-0.2, 0) is 4.79 Å². The van der Waals surface area contributed by atoms with Crippen LogP contribution in [0.15, 0.2) is 18.2 Å². The van der Waals surface area contributed by atoms with Gasteiger partial charge in [-0.25, -0.2) is 0 Å². The van der Waals surface area contributed by atoms with Crippen LogP contribution in [0.5, 0.6) is 5.75 Å². The van der Waals surface area contributed by atoms with E-state index >= 15 is 0 Å². The molecule has 19 heavy (non-hydrogen) atoms. The van der Waals surface area contributed by atoms with E-state index in [1.54, 1.807) is 11.9 Å². The van der Waals surface area contributed by atoms with Gasteiger partial charge in [0.1, 0.15) is 18.4 Å². The molecular formula is C13H18ClN3O2. The lowest BCUT2D eigenvalue weighted by Crippen LogP contribution is -2.43. The maximum absolute atomic E-state index is 12.0. The summed E-state index contributed by atoms with van der Waals surface area (Å²) < 4.78 is 5.55. The molecule has 0 aromatic heterocycles. The van der Waals surface area contributed by atoms with E-state index in [1.165, 1.54) is 0 Å². The Bertz CT molecular complexity index is 467. The zero-order valence-corrected chi connectivity index (χ0v) is 11.6. The molecule has 1 amide bonds. The molecular weight excluding hydrogens is 266 g/mol. The molecule has 1 aliphatic heterocycles. The highest BCUT2D eigenvalue weighted by Crippen LogP contribution is 2.33. The number of carbonyl (C=O) groups is 1. The summed E-state index contributed by atoms with van der Waals surface area (Å²) in [6.07, 6.45) is 0.884. The Morgan fingerprint density at radius 2 is 2.37 bits per heavy atom. The molecule has 0 saturated heterocycles. The fraction of sp³-hybridized carbons (Fsp3) is 0.462. The number of carbonyl (C=O) groups excluding carboxylic acids is 1. The molecule has 2 rings (SSSR count). The van der Waals surface area contributed by atoms with Crippen molar-refractivity contribution in [3.05, 3.63) is 18.2 Å². The number of alkyl halides is 1. The standard InChI is InChI=1S/C13H18ClN3O2/c1-17-11-7-9(16-6-2-5-14)3-4-12(11)19-8-10(15)13(17)18/h3-4,7,10,16H,2,5-6,8,15H2,1H3/t10-/m0/s1. The molecule has 0 fully saturated rings. The van der Waals surface area contributed by atoms with E-state index in [9.17, 15) is 4.79 Å². The fourth-order valence-electron chi connectivity index (χ4n) is 1.93. The van der Waals surface area contributed by atoms with Gasteiger partial charge in [-0.2, -0.15) is 0 Å². The summed E-state index contributed by atoms with van der Waals surface area (Å²) in [6.45, 7) is 0.996. The third-order valence-electron chi connectivity index (χ3n) is 3.03. The zero-order chi connectivity index (χ0) is 13.8. The summed E-state index contributed by atoms with van der Waals surface area (Å²) in [6, 6.07) is 5.03. The number of amides is 1. The van der Waals surface area contributed by atoms with Gasteiger partial charge in [0.25, 0.3) is 0 Å². The van der Waals surface area contributed by atoms with Gasteiger partial charge in [0.15, 0.2) is 0 Å². The van der Waals surface area contributed by atoms with Gasteiger partial charge in [0, 0.05) is 25.2 Å². The third-order valence-corrected chi connectivity index (χ3v) is 3.29. The van der Waals surface area contributed by atoms with Crippen molar-refractivity contribution in [2.24, 2.45) is 5.73 Å². The van der Waals surface area contributed by atoms with Gasteiger partial charge in [-0.05, 0) is 24.6 Å². The second kappa shape index (κ2) is 6.12. The Kier molecular flexibility index (Phi) is 4.50. The minimum atomic E-state index is -0.620. The van der Waals surface area contributed by atoms with Crippen LogP contribution in [-0.4, -0.2) is 38.0 Å². The first-order valence-electron chi connectivity index (χ1n) is 6.23. The summed E-state index contributed by atoms with van der Waals surface area (Å²) in [4.78, 5) is 13.5. The predicted molar refractivity (Wildman–Crippen MR) is 77.1 cm³/mol. The third kappa shape index (κ3) is 3.11. The molecule has 5 nitrogen and oxygen atoms in total. The van der Waals surface area contributed by atoms with Crippen molar-refractivity contribution in [1.82, 2.24) is 0 Å². The van der Waals surface area contributed by atoms with E-state index < -0.39 is 6.04 Å². The number of anilines is 2. The van der Waals surface area contributed by atoms with Crippen molar-refractivity contribution < 1.29 is 9.53 Å². The highest BCUT2D eigenvalue weighted by atomic mass is 35.5. The molecule has 0 unspecified atom stereocenters. The quantitative estimate of drug-likeness (QED) is 0.648. The van der Waals surface area contributed by atoms with Crippen LogP contribution in [0.2, 0.25) is 0 Å². The number of hydrogen-bond donors (Lipinski definition) is 2. The monoisotopic (exact) mass is 283 g/mol. The zero-order valence-electron chi connectivity index (χ0n) is 10.9. The maximum Gasteiger partial charge on any atom is 0.247 e. The Hall–Kier alpha value is -1.46. The highest BCUT2D eigenvalue weighted by Gasteiger charge is 2.26. The predicted octanol–water partition coefficient (Wildman–Crippen LogP) is 1.41. The Morgan fingerprint density at radius 1 is 1.58 bits per heavy atom. The number of nitrogens with two attached hydrogens (primary N) is 1. The van der Waals surface area contributed by atoms with Crippen LogP contribution >= 0.6 is 11.6 Å². The van der Waals surface area contributed by atoms with E-state index in [4.69, 9.17) is 22.1 Å². The van der Waals surface area contributed by atoms with Gasteiger partial charge in [-0.15, -0.1) is 11.6 Å². The number of hydrogen-bond acceptors (Lipinski definition) is 4. The summed E-state index contributed by atoms with van der Waals surface area (Å²) in [5.41, 5.74) is 7.40. The molecule has 0 aliphatic carbocycles. The second-order valence-corrected chi connectivity index (χ2v) is 4.84. The first kappa shape index (κ1) is 14.0. The lowest BCUT2D eigenvalue weighted by atomic mass is 10.2. The first-order chi connectivity index (χ1) is 9.13. The molecule has 0 spiro atoms. The lowest BCUT2D eigenvalue weighted by molar-refractivity contribution is -0.119. The van der Waals surface area contributed by atoms with E-state index in [2.05, 4.69) is 5.32 Å². The average molecular weight is 284 g/mol. The van der Waals surface area contributed by atoms with Gasteiger partial charge >= 0.3 is 0 Å². The summed E-state index contributed by atoms with van der Waals surface area (Å²) in [5, 5.41) is 3.25. The first-order valence-corrected chi connectivity index (χ1v) is 6.76. The van der Waals surface area contributed by atoms with Crippen LogP contribution < -0.4 is 20.7 Å². The molecule has 1 atom stereocenters. The van der Waals surface area contributed by atoms with Crippen molar-refractivity contribution in [3.8, 4) is 5.75 Å². The van der Waals surface area contributed by atoms with Crippen molar-refractivity contribution in [3.63, 3.8) is 0 Å². The van der Waals surface area contributed by atoms with Gasteiger partial charge < -0.3 is 20.7 Å². The molecule has 104 valence electrons. The maximum atomic E-state index is 12.0. The molecule has 0 saturated carbocycles. The van der Waals surface area contributed by atoms with Gasteiger partial charge in [-0.1, -0.05) is 0 Å². The fourth-order valence-corrected chi connectivity index (χ4v) is 2.06. The van der Waals surface area contributed by atoms with E-state index in [0.29, 0.717) is 11.6 Å². The molecule has 3 N–H and O–H groups in total. The average Bonchev–Trinajstić information content (AvgIpc) is 2.52. The van der Waals surface area contributed by atoms with Crippen LogP contribution in [0.25, 0.3) is 0 Å². The van der Waals surface area contributed by atoms with Crippen molar-refractivity contribution >= 4 is 28.9 Å². The summed E-state index contributed by atoms with van der Waals surface area (Å²) in [5.74, 6) is 1.15. The molecule has 1 heterocycles. The van der Waals surface area contributed by atoms with Crippen LogP contribution in [0.1, 0.15) is 6.42 Å². The number of halogens is 1. The Morgan fingerprint density at radius 3 is 3.11 bits per heavy atom. The molecule has 6 heteroatoms. The minimum absolute atomic E-state index is 0.142. The van der Waals surface area contributed by atoms with Crippen molar-refractivity contribution in [2.75, 3.05) is 36.3 Å². The van der Waals surface area contributed by atoms with Crippen LogP contribution in [0.3, 0.4) is 0 Å². The smallest absolute Gasteiger partial charge is 0.247 e. The number of ether oxygens (including phenoxy) is 1. The van der Waals surface area contributed by atoms with Gasteiger partial charge in [-0.3, -0.25) is 4.79 Å². The molecule has 1 aromatic rings. The number of fused-ring (bicyclic) bond motifs is 1. The summed E-state index contributed by atoms with van der Waals surface area (Å²) in [7, 11) is 1.71. The molecule has 1 aromatic carbocycles. The molecule has 0 radical (unpaired) electrons. The van der Waals surface area contributed by atoms with Crippen LogP contribution in [0.4, 0.5) is 11.4 Å². The Balaban J connectivity index is 2.21. The number of likely N-dealkylation sites (N-methyl/N-ethyl adjacent to an activating group) is 1. The summed E-state index contributed by atoms with van der Waals surface area (Å²) >= 11 is 5.64. The highest BCUT2D eigenvalue weighted by molar-refractivity contribution is 6.17. The van der Waals surface area contributed by atoms with E-state index in [1.807, 2.05) is 18.2 Å². The number of benzene rings is 1. The minimum Gasteiger partial charge on any atom is -0.489 e. The Labute approximate surface area is 117 Å². The van der Waals surface area contributed by atoms with Gasteiger partial charge in [0.05, 0.1) is 5.69 Å². The van der Waals surface area contributed by atoms with Crippen molar-refractivity contribution in [1.29, 1.82) is 0 Å².